The van der Waals surface area contributed by atoms with Crippen molar-refractivity contribution >= 4 is 17.8 Å². The fraction of sp³-hybridized carbons (Fsp3) is 0.667. The number of nitrogens with zero attached hydrogens (tertiary/aromatic N) is 3. The molecule has 0 bridgehead atoms. The zero-order valence-corrected chi connectivity index (χ0v) is 13.7. The zero-order chi connectivity index (χ0) is 16.6. The fourth-order valence-electron chi connectivity index (χ4n) is 2.99. The van der Waals surface area contributed by atoms with E-state index in [1.807, 2.05) is 14.1 Å². The van der Waals surface area contributed by atoms with Crippen LogP contribution in [0.4, 0.5) is 0 Å². The first-order valence-electron chi connectivity index (χ1n) is 7.77. The number of rotatable bonds is 1. The third-order valence-electron chi connectivity index (χ3n) is 4.43. The van der Waals surface area contributed by atoms with E-state index in [1.54, 1.807) is 16.7 Å². The Balaban J connectivity index is 1.69. The van der Waals surface area contributed by atoms with Gasteiger partial charge in [-0.05, 0) is 19.8 Å². The lowest BCUT2D eigenvalue weighted by Gasteiger charge is -2.36. The van der Waals surface area contributed by atoms with Crippen molar-refractivity contribution < 1.29 is 19.1 Å². The van der Waals surface area contributed by atoms with Crippen LogP contribution in [0, 0.1) is 0 Å². The number of hydrogen-bond acceptors (Lipinski definition) is 6. The Bertz CT molecular complexity index is 588. The summed E-state index contributed by atoms with van der Waals surface area (Å²) in [6.07, 6.45) is 1.02. The molecule has 3 rings (SSSR count). The molecule has 0 radical (unpaired) electrons. The van der Waals surface area contributed by atoms with Gasteiger partial charge < -0.3 is 19.3 Å². The van der Waals surface area contributed by atoms with Crippen LogP contribution < -0.4 is 5.32 Å². The molecule has 0 aromatic rings. The van der Waals surface area contributed by atoms with Crippen LogP contribution in [-0.4, -0.2) is 73.5 Å². The third kappa shape index (κ3) is 2.73. The first-order valence-corrected chi connectivity index (χ1v) is 7.77. The van der Waals surface area contributed by atoms with Crippen molar-refractivity contribution in [1.29, 1.82) is 0 Å². The Morgan fingerprint density at radius 2 is 1.91 bits per heavy atom. The molecule has 1 saturated heterocycles. The summed E-state index contributed by atoms with van der Waals surface area (Å²) in [6.45, 7) is 3.52. The van der Waals surface area contributed by atoms with Crippen molar-refractivity contribution in [2.75, 3.05) is 40.4 Å². The van der Waals surface area contributed by atoms with Crippen LogP contribution in [0.15, 0.2) is 16.5 Å². The SMILES string of the molecule is CC1=C(C(=O)N2CCC3(CC2)N=C(N(C)C)NC3=O)OCCO1. The normalized spacial score (nSPS) is 23.2. The number of likely N-dealkylation sites (tertiary alicyclic amines) is 1. The van der Waals surface area contributed by atoms with E-state index in [0.29, 0.717) is 50.9 Å². The molecule has 1 spiro atoms. The standard InChI is InChI=1S/C15H22N4O4/c1-10-11(23-9-8-22-10)12(20)19-6-4-15(5-7-19)13(21)16-14(17-15)18(2)3/h4-9H2,1-3H3,(H,16,17,21). The Kier molecular flexibility index (Phi) is 3.91. The summed E-state index contributed by atoms with van der Waals surface area (Å²) in [5.74, 6) is 1.12. The van der Waals surface area contributed by atoms with Crippen LogP contribution in [-0.2, 0) is 19.1 Å². The van der Waals surface area contributed by atoms with Crippen LogP contribution in [0.25, 0.3) is 0 Å². The van der Waals surface area contributed by atoms with E-state index >= 15 is 0 Å². The van der Waals surface area contributed by atoms with Crippen molar-refractivity contribution in [1.82, 2.24) is 15.1 Å². The van der Waals surface area contributed by atoms with Gasteiger partial charge in [-0.3, -0.25) is 14.9 Å². The molecule has 0 aliphatic carbocycles. The summed E-state index contributed by atoms with van der Waals surface area (Å²) < 4.78 is 10.8. The summed E-state index contributed by atoms with van der Waals surface area (Å²) in [5.41, 5.74) is -0.746. The highest BCUT2D eigenvalue weighted by molar-refractivity contribution is 6.07. The van der Waals surface area contributed by atoms with Crippen LogP contribution in [0.3, 0.4) is 0 Å². The second kappa shape index (κ2) is 5.75. The average molecular weight is 322 g/mol. The maximum Gasteiger partial charge on any atom is 0.292 e. The summed E-state index contributed by atoms with van der Waals surface area (Å²) in [6, 6.07) is 0. The molecule has 3 heterocycles. The molecule has 0 atom stereocenters. The highest BCUT2D eigenvalue weighted by atomic mass is 16.6. The third-order valence-corrected chi connectivity index (χ3v) is 4.43. The topological polar surface area (TPSA) is 83.5 Å². The molecule has 3 aliphatic heterocycles. The molecule has 2 amide bonds. The molecule has 0 unspecified atom stereocenters. The zero-order valence-electron chi connectivity index (χ0n) is 13.7. The molecule has 1 fully saturated rings. The smallest absolute Gasteiger partial charge is 0.292 e. The van der Waals surface area contributed by atoms with Gasteiger partial charge in [0.1, 0.15) is 24.5 Å². The molecule has 8 heteroatoms. The predicted octanol–water partition coefficient (Wildman–Crippen LogP) is -0.327. The number of nitrogens with one attached hydrogen (secondary N) is 1. The second-order valence-corrected chi connectivity index (χ2v) is 6.19. The summed E-state index contributed by atoms with van der Waals surface area (Å²) >= 11 is 0. The van der Waals surface area contributed by atoms with Crippen LogP contribution in [0.2, 0.25) is 0 Å². The van der Waals surface area contributed by atoms with Crippen molar-refractivity contribution in [2.24, 2.45) is 4.99 Å². The predicted molar refractivity (Wildman–Crippen MR) is 82.4 cm³/mol. The van der Waals surface area contributed by atoms with Crippen LogP contribution in [0.5, 0.6) is 0 Å². The second-order valence-electron chi connectivity index (χ2n) is 6.19. The molecule has 23 heavy (non-hydrogen) atoms. The summed E-state index contributed by atoms with van der Waals surface area (Å²) in [5, 5.41) is 2.81. The summed E-state index contributed by atoms with van der Waals surface area (Å²) in [7, 11) is 3.68. The molecule has 8 nitrogen and oxygen atoms in total. The van der Waals surface area contributed by atoms with Gasteiger partial charge in [0.25, 0.3) is 11.8 Å². The Labute approximate surface area is 135 Å². The lowest BCUT2D eigenvalue weighted by Crippen LogP contribution is -2.51. The lowest BCUT2D eigenvalue weighted by atomic mass is 9.88. The average Bonchev–Trinajstić information content (AvgIpc) is 2.85. The van der Waals surface area contributed by atoms with Crippen molar-refractivity contribution in [2.45, 2.75) is 25.3 Å². The van der Waals surface area contributed by atoms with E-state index in [0.717, 1.165) is 0 Å². The largest absolute Gasteiger partial charge is 0.491 e. The van der Waals surface area contributed by atoms with Gasteiger partial charge in [-0.15, -0.1) is 0 Å². The first-order chi connectivity index (χ1) is 10.9. The van der Waals surface area contributed by atoms with Crippen molar-refractivity contribution in [3.05, 3.63) is 11.5 Å². The van der Waals surface area contributed by atoms with E-state index in [-0.39, 0.29) is 17.6 Å². The highest BCUT2D eigenvalue weighted by Crippen LogP contribution is 2.31. The minimum atomic E-state index is -0.746. The highest BCUT2D eigenvalue weighted by Gasteiger charge is 2.47. The number of carbonyl (C=O) groups excluding carboxylic acids is 2. The Morgan fingerprint density at radius 3 is 2.48 bits per heavy atom. The van der Waals surface area contributed by atoms with E-state index in [2.05, 4.69) is 10.3 Å². The van der Waals surface area contributed by atoms with Gasteiger partial charge in [-0.25, -0.2) is 4.99 Å². The Hall–Kier alpha value is -2.25. The molecule has 0 saturated carbocycles. The van der Waals surface area contributed by atoms with Gasteiger partial charge in [-0.1, -0.05) is 0 Å². The monoisotopic (exact) mass is 322 g/mol. The van der Waals surface area contributed by atoms with Gasteiger partial charge in [0.15, 0.2) is 0 Å². The number of allylic oxidation sites excluding steroid dienone is 1. The van der Waals surface area contributed by atoms with E-state index in [9.17, 15) is 9.59 Å². The molecule has 1 N–H and O–H groups in total. The van der Waals surface area contributed by atoms with Crippen LogP contribution >= 0.6 is 0 Å². The van der Waals surface area contributed by atoms with Gasteiger partial charge in [0.2, 0.25) is 11.7 Å². The minimum Gasteiger partial charge on any atom is -0.491 e. The number of hydrogen-bond donors (Lipinski definition) is 1. The number of aliphatic imine (C=N–C) groups is 1. The van der Waals surface area contributed by atoms with Crippen molar-refractivity contribution in [3.8, 4) is 0 Å². The molecule has 0 aromatic heterocycles. The fourth-order valence-corrected chi connectivity index (χ4v) is 2.99. The summed E-state index contributed by atoms with van der Waals surface area (Å²) in [4.78, 5) is 32.9. The van der Waals surface area contributed by atoms with Crippen LogP contribution in [0.1, 0.15) is 19.8 Å². The van der Waals surface area contributed by atoms with Crippen molar-refractivity contribution in [3.63, 3.8) is 0 Å². The number of guanidine groups is 1. The van der Waals surface area contributed by atoms with Gasteiger partial charge in [0.05, 0.1) is 0 Å². The molecule has 126 valence electrons. The molecular weight excluding hydrogens is 300 g/mol. The van der Waals surface area contributed by atoms with E-state index < -0.39 is 5.54 Å². The van der Waals surface area contributed by atoms with E-state index in [1.165, 1.54) is 0 Å². The lowest BCUT2D eigenvalue weighted by molar-refractivity contribution is -0.136. The first kappa shape index (κ1) is 15.6. The number of carbonyl (C=O) groups is 2. The number of ether oxygens (including phenoxy) is 2. The van der Waals surface area contributed by atoms with E-state index in [4.69, 9.17) is 9.47 Å². The number of amides is 2. The Morgan fingerprint density at radius 1 is 1.26 bits per heavy atom. The molecule has 3 aliphatic rings. The maximum absolute atomic E-state index is 12.5. The quantitative estimate of drug-likeness (QED) is 0.715. The van der Waals surface area contributed by atoms with Gasteiger partial charge in [-0.2, -0.15) is 0 Å². The number of piperidine rings is 1. The van der Waals surface area contributed by atoms with Gasteiger partial charge in [0, 0.05) is 27.2 Å². The molecular formula is C15H22N4O4. The minimum absolute atomic E-state index is 0.0825. The maximum atomic E-state index is 12.5. The molecule has 0 aromatic carbocycles. The van der Waals surface area contributed by atoms with Gasteiger partial charge >= 0.3 is 0 Å².